The first-order valence-corrected chi connectivity index (χ1v) is 10.5. The number of hydrogen-bond acceptors (Lipinski definition) is 3. The van der Waals surface area contributed by atoms with Crippen molar-refractivity contribution in [1.29, 1.82) is 0 Å². The van der Waals surface area contributed by atoms with Gasteiger partial charge < -0.3 is 9.47 Å². The number of esters is 1. The third-order valence-electron chi connectivity index (χ3n) is 5.94. The molecule has 2 atom stereocenters. The molecule has 0 radical (unpaired) electrons. The van der Waals surface area contributed by atoms with E-state index in [1.54, 1.807) is 0 Å². The topological polar surface area (TPSA) is 35.5 Å². The largest absolute Gasteiger partial charge is 0.487 e. The van der Waals surface area contributed by atoms with Gasteiger partial charge in [-0.1, -0.05) is 31.2 Å². The van der Waals surface area contributed by atoms with E-state index in [0.717, 1.165) is 43.4 Å². The molecule has 2 unspecified atom stereocenters. The minimum Gasteiger partial charge on any atom is -0.487 e. The SMILES string of the molecule is CCC1(C)CCc2cc(CC3=CCC(OC(=O)C(C)(C)C)C(C)=C3)ccc2O1. The van der Waals surface area contributed by atoms with Gasteiger partial charge in [0.05, 0.1) is 5.41 Å². The Morgan fingerprint density at radius 1 is 1.32 bits per heavy atom. The number of ether oxygens (including phenoxy) is 2. The Balaban J connectivity index is 1.65. The maximum absolute atomic E-state index is 12.2. The maximum atomic E-state index is 12.2. The molecule has 1 aromatic carbocycles. The van der Waals surface area contributed by atoms with Crippen molar-refractivity contribution in [1.82, 2.24) is 0 Å². The number of aryl methyl sites for hydroxylation is 1. The highest BCUT2D eigenvalue weighted by Gasteiger charge is 2.30. The number of fused-ring (bicyclic) bond motifs is 1. The first-order chi connectivity index (χ1) is 13.1. The second-order valence-corrected chi connectivity index (χ2v) is 9.57. The summed E-state index contributed by atoms with van der Waals surface area (Å²) in [5.41, 5.74) is 4.54. The Bertz CT molecular complexity index is 810. The predicted molar refractivity (Wildman–Crippen MR) is 114 cm³/mol. The van der Waals surface area contributed by atoms with Crippen LogP contribution in [0.4, 0.5) is 0 Å². The standard InChI is InChI=1S/C25H34O3/c1-7-25(6)13-12-20-16-19(9-11-22(20)28-25)15-18-8-10-21(17(2)14-18)27-23(26)24(3,4)5/h8-9,11,14,16,21H,7,10,12-13,15H2,1-6H3. The van der Waals surface area contributed by atoms with E-state index in [1.165, 1.54) is 16.7 Å². The van der Waals surface area contributed by atoms with Crippen molar-refractivity contribution in [3.63, 3.8) is 0 Å². The number of hydrogen-bond donors (Lipinski definition) is 0. The number of carbonyl (C=O) groups is 1. The quantitative estimate of drug-likeness (QED) is 0.603. The summed E-state index contributed by atoms with van der Waals surface area (Å²) in [5.74, 6) is 0.897. The molecule has 152 valence electrons. The summed E-state index contributed by atoms with van der Waals surface area (Å²) in [6, 6.07) is 6.60. The van der Waals surface area contributed by atoms with Gasteiger partial charge in [0.25, 0.3) is 0 Å². The zero-order valence-corrected chi connectivity index (χ0v) is 18.2. The minimum atomic E-state index is -0.469. The van der Waals surface area contributed by atoms with Crippen molar-refractivity contribution in [3.8, 4) is 5.75 Å². The molecular formula is C25H34O3. The Hall–Kier alpha value is -2.03. The van der Waals surface area contributed by atoms with Crippen LogP contribution in [0.25, 0.3) is 0 Å². The lowest BCUT2D eigenvalue weighted by Crippen LogP contribution is -2.35. The van der Waals surface area contributed by atoms with Crippen LogP contribution >= 0.6 is 0 Å². The number of allylic oxidation sites excluding steroid dienone is 2. The molecule has 0 N–H and O–H groups in total. The van der Waals surface area contributed by atoms with Crippen LogP contribution in [-0.2, 0) is 22.4 Å². The maximum Gasteiger partial charge on any atom is 0.311 e. The van der Waals surface area contributed by atoms with E-state index in [4.69, 9.17) is 9.47 Å². The lowest BCUT2D eigenvalue weighted by molar-refractivity contribution is -0.156. The van der Waals surface area contributed by atoms with Gasteiger partial charge in [-0.3, -0.25) is 4.79 Å². The summed E-state index contributed by atoms with van der Waals surface area (Å²) in [4.78, 5) is 12.2. The molecule has 1 aromatic rings. The van der Waals surface area contributed by atoms with Gasteiger partial charge in [-0.25, -0.2) is 0 Å². The summed E-state index contributed by atoms with van der Waals surface area (Å²) in [7, 11) is 0. The van der Waals surface area contributed by atoms with Crippen LogP contribution in [0.15, 0.2) is 41.5 Å². The van der Waals surface area contributed by atoms with Crippen molar-refractivity contribution in [2.75, 3.05) is 0 Å². The molecule has 1 aliphatic heterocycles. The van der Waals surface area contributed by atoms with Crippen LogP contribution in [0.3, 0.4) is 0 Å². The monoisotopic (exact) mass is 382 g/mol. The first kappa shape index (κ1) is 20.7. The van der Waals surface area contributed by atoms with Crippen molar-refractivity contribution in [2.45, 2.75) is 85.4 Å². The van der Waals surface area contributed by atoms with Gasteiger partial charge >= 0.3 is 5.97 Å². The smallest absolute Gasteiger partial charge is 0.311 e. The van der Waals surface area contributed by atoms with Crippen LogP contribution in [0.2, 0.25) is 0 Å². The van der Waals surface area contributed by atoms with E-state index in [1.807, 2.05) is 20.8 Å². The van der Waals surface area contributed by atoms with Crippen molar-refractivity contribution < 1.29 is 14.3 Å². The second kappa shape index (κ2) is 7.77. The number of benzene rings is 1. The fourth-order valence-corrected chi connectivity index (χ4v) is 3.70. The van der Waals surface area contributed by atoms with E-state index in [0.29, 0.717) is 0 Å². The van der Waals surface area contributed by atoms with Gasteiger partial charge in [-0.15, -0.1) is 0 Å². The molecule has 28 heavy (non-hydrogen) atoms. The van der Waals surface area contributed by atoms with E-state index in [2.05, 4.69) is 51.1 Å². The Morgan fingerprint density at radius 2 is 2.07 bits per heavy atom. The van der Waals surface area contributed by atoms with E-state index < -0.39 is 5.41 Å². The van der Waals surface area contributed by atoms with Crippen LogP contribution in [-0.4, -0.2) is 17.7 Å². The molecule has 0 spiro atoms. The van der Waals surface area contributed by atoms with Gasteiger partial charge in [0.2, 0.25) is 0 Å². The van der Waals surface area contributed by atoms with Crippen LogP contribution in [0.5, 0.6) is 5.75 Å². The van der Waals surface area contributed by atoms with Gasteiger partial charge in [-0.2, -0.15) is 0 Å². The highest BCUT2D eigenvalue weighted by Crippen LogP contribution is 2.36. The normalized spacial score (nSPS) is 24.6. The fraction of sp³-hybridized carbons (Fsp3) is 0.560. The number of carbonyl (C=O) groups excluding carboxylic acids is 1. The molecule has 3 nitrogen and oxygen atoms in total. The second-order valence-electron chi connectivity index (χ2n) is 9.57. The van der Waals surface area contributed by atoms with Crippen LogP contribution in [0.1, 0.15) is 71.9 Å². The van der Waals surface area contributed by atoms with Crippen molar-refractivity contribution in [2.24, 2.45) is 5.41 Å². The molecule has 0 aromatic heterocycles. The average molecular weight is 383 g/mol. The highest BCUT2D eigenvalue weighted by molar-refractivity contribution is 5.75. The summed E-state index contributed by atoms with van der Waals surface area (Å²) in [5, 5.41) is 0. The number of rotatable bonds is 4. The highest BCUT2D eigenvalue weighted by atomic mass is 16.5. The lowest BCUT2D eigenvalue weighted by Gasteiger charge is -2.35. The lowest BCUT2D eigenvalue weighted by atomic mass is 9.88. The zero-order valence-electron chi connectivity index (χ0n) is 18.2. The summed E-state index contributed by atoms with van der Waals surface area (Å²) >= 11 is 0. The molecule has 2 aliphatic rings. The molecule has 0 saturated carbocycles. The zero-order chi connectivity index (χ0) is 20.5. The summed E-state index contributed by atoms with van der Waals surface area (Å²) in [6.07, 6.45) is 9.07. The summed E-state index contributed by atoms with van der Waals surface area (Å²) in [6.45, 7) is 12.1. The molecule has 3 rings (SSSR count). The molecule has 0 bridgehead atoms. The molecule has 3 heteroatoms. The van der Waals surface area contributed by atoms with Crippen LogP contribution < -0.4 is 4.74 Å². The third-order valence-corrected chi connectivity index (χ3v) is 5.94. The molecule has 0 saturated heterocycles. The fourth-order valence-electron chi connectivity index (χ4n) is 3.70. The average Bonchev–Trinajstić information content (AvgIpc) is 2.63. The molecule has 0 amide bonds. The van der Waals surface area contributed by atoms with Gasteiger partial charge in [0, 0.05) is 6.42 Å². The van der Waals surface area contributed by atoms with E-state index in [-0.39, 0.29) is 17.7 Å². The predicted octanol–water partition coefficient (Wildman–Crippen LogP) is 5.96. The van der Waals surface area contributed by atoms with Gasteiger partial charge in [0.15, 0.2) is 0 Å². The van der Waals surface area contributed by atoms with Gasteiger partial charge in [0.1, 0.15) is 17.5 Å². The Labute approximate surface area is 169 Å². The van der Waals surface area contributed by atoms with E-state index in [9.17, 15) is 4.79 Å². The third kappa shape index (κ3) is 4.68. The van der Waals surface area contributed by atoms with Crippen molar-refractivity contribution in [3.05, 3.63) is 52.6 Å². The molecule has 1 aliphatic carbocycles. The Morgan fingerprint density at radius 3 is 2.71 bits per heavy atom. The van der Waals surface area contributed by atoms with Crippen LogP contribution in [0, 0.1) is 5.41 Å². The minimum absolute atomic E-state index is 0.0280. The first-order valence-electron chi connectivity index (χ1n) is 10.5. The summed E-state index contributed by atoms with van der Waals surface area (Å²) < 4.78 is 11.9. The Kier molecular flexibility index (Phi) is 5.74. The molecular weight excluding hydrogens is 348 g/mol. The molecule has 1 heterocycles. The molecule has 0 fully saturated rings. The van der Waals surface area contributed by atoms with Crippen molar-refractivity contribution >= 4 is 5.97 Å². The van der Waals surface area contributed by atoms with E-state index >= 15 is 0 Å². The van der Waals surface area contributed by atoms with Gasteiger partial charge in [-0.05, 0) is 88.6 Å².